The molecule has 0 radical (unpaired) electrons. The summed E-state index contributed by atoms with van der Waals surface area (Å²) in [7, 11) is 0. The van der Waals surface area contributed by atoms with Crippen molar-refractivity contribution in [3.8, 4) is 11.6 Å². The first kappa shape index (κ1) is 31.8. The zero-order chi connectivity index (χ0) is 33.5. The van der Waals surface area contributed by atoms with Crippen LogP contribution in [0.2, 0.25) is 0 Å². The number of anilines is 2. The van der Waals surface area contributed by atoms with Crippen molar-refractivity contribution in [1.29, 1.82) is 0 Å². The van der Waals surface area contributed by atoms with E-state index >= 15 is 4.39 Å². The molecule has 4 unspecified atom stereocenters. The molecule has 48 heavy (non-hydrogen) atoms. The minimum Gasteiger partial charge on any atom is -0.780 e. The quantitative estimate of drug-likeness (QED) is 0.223. The Morgan fingerprint density at radius 3 is 2.71 bits per heavy atom. The van der Waals surface area contributed by atoms with Crippen LogP contribution in [-0.2, 0) is 41.3 Å². The van der Waals surface area contributed by atoms with Crippen LogP contribution < -0.4 is 26.4 Å². The number of ether oxygens (including phenoxy) is 1. The fourth-order valence-electron chi connectivity index (χ4n) is 5.91. The third-order valence-electron chi connectivity index (χ3n) is 8.16. The van der Waals surface area contributed by atoms with Crippen molar-refractivity contribution >= 4 is 70.8 Å². The van der Waals surface area contributed by atoms with E-state index in [1.165, 1.54) is 23.5 Å². The summed E-state index contributed by atoms with van der Waals surface area (Å²) in [6.45, 7) is -9.66. The molecular formula is C24H24FN10O9P2S2-. The molecule has 0 amide bonds. The summed E-state index contributed by atoms with van der Waals surface area (Å²) in [5, 5.41) is 0. The van der Waals surface area contributed by atoms with Crippen LogP contribution in [-0.4, -0.2) is 64.1 Å². The van der Waals surface area contributed by atoms with E-state index in [-0.39, 0.29) is 52.4 Å². The summed E-state index contributed by atoms with van der Waals surface area (Å²) in [4.78, 5) is 49.2. The van der Waals surface area contributed by atoms with E-state index in [1.807, 2.05) is 0 Å². The number of nitrogens with two attached hydrogens (primary N) is 2. The summed E-state index contributed by atoms with van der Waals surface area (Å²) in [6.07, 6.45) is 3.74. The van der Waals surface area contributed by atoms with E-state index in [2.05, 4.69) is 29.9 Å². The van der Waals surface area contributed by atoms with Crippen LogP contribution in [0.4, 0.5) is 16.2 Å². The number of imidazole rings is 2. The van der Waals surface area contributed by atoms with Gasteiger partial charge in [0, 0.05) is 5.92 Å². The molecule has 254 valence electrons. The van der Waals surface area contributed by atoms with Gasteiger partial charge in [0.25, 0.3) is 5.56 Å². The number of fused-ring (bicyclic) bond motifs is 5. The van der Waals surface area contributed by atoms with Crippen molar-refractivity contribution in [2.45, 2.75) is 37.9 Å². The zero-order valence-electron chi connectivity index (χ0n) is 24.5. The van der Waals surface area contributed by atoms with Crippen LogP contribution in [0.15, 0.2) is 28.2 Å². The summed E-state index contributed by atoms with van der Waals surface area (Å²) >= 11 is 6.03. The lowest BCUT2D eigenvalue weighted by Gasteiger charge is -2.34. The smallest absolute Gasteiger partial charge is 0.440 e. The van der Waals surface area contributed by atoms with Crippen molar-refractivity contribution in [2.24, 2.45) is 11.8 Å². The number of aromatic amines is 1. The maximum absolute atomic E-state index is 16.1. The zero-order valence-corrected chi connectivity index (χ0v) is 27.9. The Balaban J connectivity index is 1.20. The largest absolute Gasteiger partial charge is 0.780 e. The fourth-order valence-corrected chi connectivity index (χ4v) is 9.16. The van der Waals surface area contributed by atoms with Gasteiger partial charge in [-0.05, 0) is 36.4 Å². The highest BCUT2D eigenvalue weighted by atomic mass is 32.7. The van der Waals surface area contributed by atoms with Crippen molar-refractivity contribution in [3.63, 3.8) is 0 Å². The Kier molecular flexibility index (Phi) is 7.66. The van der Waals surface area contributed by atoms with E-state index in [1.54, 1.807) is 0 Å². The molecule has 5 aromatic heterocycles. The molecule has 5 aromatic rings. The van der Waals surface area contributed by atoms with Gasteiger partial charge in [-0.15, -0.1) is 0 Å². The van der Waals surface area contributed by atoms with Gasteiger partial charge in [0.2, 0.25) is 23.4 Å². The van der Waals surface area contributed by atoms with Crippen LogP contribution in [0.1, 0.15) is 24.8 Å². The van der Waals surface area contributed by atoms with E-state index in [0.717, 1.165) is 23.7 Å². The number of nitrogens with zero attached hydrogens (tertiary/aromatic N) is 7. The van der Waals surface area contributed by atoms with Gasteiger partial charge in [0.1, 0.15) is 32.1 Å². The number of hydrogen-bond donors (Lipinski definition) is 3. The second kappa shape index (κ2) is 11.6. The fraction of sp³-hybridized carbons (Fsp3) is 0.417. The molecule has 6 atom stereocenters. The number of H-pyrrole nitrogens is 1. The SMILES string of the molecule is CSP1(=O)OC[C@H]2O[C@@H](n3cnc4c(=O)[nH]c(N)nc43)C(OP([O-])(=S)OCc3oc(-n4cnc5c(N)ncnc54)c(F)c3O1)C2C1CC1. The van der Waals surface area contributed by atoms with E-state index < -0.39 is 67.5 Å². The first-order chi connectivity index (χ1) is 22.9. The molecule has 19 nitrogen and oxygen atoms in total. The molecule has 1 saturated carbocycles. The Hall–Kier alpha value is -3.46. The minimum absolute atomic E-state index is 0.0234. The molecule has 8 rings (SSSR count). The number of nitrogen functional groups attached to an aromatic ring is 2. The number of nitrogens with one attached hydrogen (secondary N) is 1. The molecule has 1 aliphatic carbocycles. The summed E-state index contributed by atoms with van der Waals surface area (Å²) in [6, 6.07) is 0. The van der Waals surface area contributed by atoms with Crippen LogP contribution in [0.25, 0.3) is 28.2 Å². The Morgan fingerprint density at radius 2 is 1.94 bits per heavy atom. The average Bonchev–Trinajstić information content (AvgIpc) is 3.34. The van der Waals surface area contributed by atoms with Gasteiger partial charge in [-0.2, -0.15) is 9.37 Å². The maximum Gasteiger partial charge on any atom is 0.440 e. The highest BCUT2D eigenvalue weighted by Gasteiger charge is 2.54. The summed E-state index contributed by atoms with van der Waals surface area (Å²) < 4.78 is 68.1. The molecule has 24 heteroatoms. The maximum atomic E-state index is 16.1. The molecule has 5 N–H and O–H groups in total. The third kappa shape index (κ3) is 5.40. The highest BCUT2D eigenvalue weighted by Crippen LogP contribution is 2.62. The van der Waals surface area contributed by atoms with Gasteiger partial charge in [-0.3, -0.25) is 18.9 Å². The van der Waals surface area contributed by atoms with E-state index in [0.29, 0.717) is 11.4 Å². The Bertz CT molecular complexity index is 2240. The minimum atomic E-state index is -4.43. The molecule has 2 bridgehead atoms. The molecule has 1 saturated heterocycles. The second-order valence-corrected chi connectivity index (χ2v) is 17.9. The number of rotatable bonds is 4. The molecule has 0 aromatic carbocycles. The number of aromatic nitrogens is 8. The van der Waals surface area contributed by atoms with Crippen LogP contribution in [0.3, 0.4) is 0 Å². The molecule has 2 fully saturated rings. The monoisotopic (exact) mass is 741 g/mol. The van der Waals surface area contributed by atoms with Gasteiger partial charge in [-0.1, -0.05) is 11.8 Å². The van der Waals surface area contributed by atoms with Crippen LogP contribution >= 0.6 is 24.9 Å². The predicted octanol–water partition coefficient (Wildman–Crippen LogP) is 2.14. The molecule has 3 aliphatic rings. The van der Waals surface area contributed by atoms with Gasteiger partial charge >= 0.3 is 6.80 Å². The standard InChI is InChI=1S/C24H25FN10O9P2S2/c1-48-46(38)40-4-10-12(9-2-3-9)17(23(41-10)35-8-31-15-20(35)32-24(27)33-21(15)36)43-45(37,47)39-5-11-16(44-46)13(25)22(42-11)34-7-30-14-18(26)28-6-29-19(14)34/h6-10,12,17,23H,2-5H2,1H3,(H,37,47)(H2,26,28,29)(H3,27,32,33,36)/p-1/t10-,12?,17?,23-,45?,46?/m1/s1. The number of furan rings is 1. The first-order valence-electron chi connectivity index (χ1n) is 14.2. The van der Waals surface area contributed by atoms with Crippen molar-refractivity contribution in [2.75, 3.05) is 24.3 Å². The topological polar surface area (TPSA) is 259 Å². The first-order valence-corrected chi connectivity index (χ1v) is 20.1. The molecular weight excluding hydrogens is 717 g/mol. The van der Waals surface area contributed by atoms with Gasteiger partial charge in [-0.25, -0.2) is 29.1 Å². The van der Waals surface area contributed by atoms with E-state index in [9.17, 15) is 14.3 Å². The molecule has 2 aliphatic heterocycles. The lowest BCUT2D eigenvalue weighted by atomic mass is 9.93. The van der Waals surface area contributed by atoms with Crippen LogP contribution in [0.5, 0.6) is 5.75 Å². The summed E-state index contributed by atoms with van der Waals surface area (Å²) in [5.74, 6) is -3.19. The van der Waals surface area contributed by atoms with Crippen molar-refractivity contribution in [3.05, 3.63) is 40.9 Å². The lowest BCUT2D eigenvalue weighted by molar-refractivity contribution is -0.216. The van der Waals surface area contributed by atoms with Crippen molar-refractivity contribution < 1.29 is 41.1 Å². The van der Waals surface area contributed by atoms with Gasteiger partial charge in [0.15, 0.2) is 40.1 Å². The predicted molar refractivity (Wildman–Crippen MR) is 168 cm³/mol. The molecule has 7 heterocycles. The average molecular weight is 742 g/mol. The van der Waals surface area contributed by atoms with Gasteiger partial charge < -0.3 is 39.1 Å². The van der Waals surface area contributed by atoms with Gasteiger partial charge in [0.05, 0.1) is 19.0 Å². The normalized spacial score (nSPS) is 29.6. The Morgan fingerprint density at radius 1 is 1.15 bits per heavy atom. The number of halogens is 1. The summed E-state index contributed by atoms with van der Waals surface area (Å²) in [5.41, 5.74) is 11.4. The van der Waals surface area contributed by atoms with Crippen molar-refractivity contribution in [1.82, 2.24) is 39.0 Å². The Labute approximate surface area is 277 Å². The number of hydrogen-bond acceptors (Lipinski definition) is 18. The third-order valence-corrected chi connectivity index (χ3v) is 12.9. The van der Waals surface area contributed by atoms with E-state index in [4.69, 9.17) is 50.5 Å². The molecule has 0 spiro atoms. The van der Waals surface area contributed by atoms with Crippen LogP contribution in [0, 0.1) is 17.7 Å². The highest BCUT2D eigenvalue weighted by molar-refractivity contribution is 8.54. The second-order valence-electron chi connectivity index (χ2n) is 11.1. The lowest BCUT2D eigenvalue weighted by Crippen LogP contribution is -2.33.